The van der Waals surface area contributed by atoms with Gasteiger partial charge in [-0.2, -0.15) is 5.26 Å². The van der Waals surface area contributed by atoms with Crippen molar-refractivity contribution in [2.45, 2.75) is 13.3 Å². The predicted molar refractivity (Wildman–Crippen MR) is 77.8 cm³/mol. The lowest BCUT2D eigenvalue weighted by molar-refractivity contribution is 0.102. The normalized spacial score (nSPS) is 9.95. The van der Waals surface area contributed by atoms with Gasteiger partial charge in [-0.3, -0.25) is 4.79 Å². The summed E-state index contributed by atoms with van der Waals surface area (Å²) < 4.78 is 13.2. The number of benzene rings is 1. The second kappa shape index (κ2) is 6.76. The number of anilines is 2. The van der Waals surface area contributed by atoms with Crippen LogP contribution in [0, 0.1) is 17.1 Å². The zero-order valence-corrected chi connectivity index (χ0v) is 12.0. The van der Waals surface area contributed by atoms with Crippen molar-refractivity contribution in [1.29, 1.82) is 5.26 Å². The van der Waals surface area contributed by atoms with Gasteiger partial charge in [-0.1, -0.05) is 18.3 Å². The maximum absolute atomic E-state index is 13.2. The van der Waals surface area contributed by atoms with Crippen molar-refractivity contribution in [3.63, 3.8) is 0 Å². The summed E-state index contributed by atoms with van der Waals surface area (Å²) in [6, 6.07) is 5.49. The predicted octanol–water partition coefficient (Wildman–Crippen LogP) is 2.62. The monoisotopic (exact) mass is 305 g/mol. The Labute approximate surface area is 124 Å². The first kappa shape index (κ1) is 14.9. The smallest absolute Gasteiger partial charge is 0.286 e. The summed E-state index contributed by atoms with van der Waals surface area (Å²) in [7, 11) is 0. The molecule has 1 aromatic heterocycles. The maximum atomic E-state index is 13.2. The van der Waals surface area contributed by atoms with Gasteiger partial charge >= 0.3 is 0 Å². The van der Waals surface area contributed by atoms with Gasteiger partial charge < -0.3 is 10.6 Å². The maximum Gasteiger partial charge on any atom is 0.286 e. The number of hydrogen-bond donors (Lipinski definition) is 2. The number of carbonyl (C=O) groups is 1. The summed E-state index contributed by atoms with van der Waals surface area (Å²) >= 11 is 1.13. The minimum atomic E-state index is -0.627. The Morgan fingerprint density at radius 2 is 2.29 bits per heavy atom. The average Bonchev–Trinajstić information content (AvgIpc) is 2.96. The number of aromatic nitrogens is 2. The third kappa shape index (κ3) is 3.73. The molecule has 0 aliphatic heterocycles. The van der Waals surface area contributed by atoms with Crippen LogP contribution in [-0.2, 0) is 0 Å². The van der Waals surface area contributed by atoms with Crippen molar-refractivity contribution in [2.75, 3.05) is 17.2 Å². The number of carbonyl (C=O) groups excluding carboxylic acids is 1. The van der Waals surface area contributed by atoms with E-state index < -0.39 is 11.7 Å². The first-order chi connectivity index (χ1) is 10.1. The lowest BCUT2D eigenvalue weighted by atomic mass is 10.2. The van der Waals surface area contributed by atoms with Gasteiger partial charge in [-0.25, -0.2) is 4.39 Å². The standard InChI is InChI=1S/C13H12FN5OS/c1-2-5-16-13-19-18-12(21-13)11(20)17-9-3-4-10(14)8(6-9)7-15/h3-4,6H,2,5H2,1H3,(H,16,19)(H,17,20). The molecule has 0 aliphatic carbocycles. The molecule has 0 saturated carbocycles. The molecule has 1 heterocycles. The van der Waals surface area contributed by atoms with Crippen molar-refractivity contribution >= 4 is 28.1 Å². The van der Waals surface area contributed by atoms with Gasteiger partial charge in [0.05, 0.1) is 5.56 Å². The molecule has 0 spiro atoms. The second-order valence-corrected chi connectivity index (χ2v) is 5.08. The van der Waals surface area contributed by atoms with Gasteiger partial charge in [0.1, 0.15) is 11.9 Å². The summed E-state index contributed by atoms with van der Waals surface area (Å²) in [5.41, 5.74) is 0.201. The number of hydrogen-bond acceptors (Lipinski definition) is 6. The van der Waals surface area contributed by atoms with Crippen LogP contribution in [0.25, 0.3) is 0 Å². The quantitative estimate of drug-likeness (QED) is 0.886. The fraction of sp³-hybridized carbons (Fsp3) is 0.231. The summed E-state index contributed by atoms with van der Waals surface area (Å²) in [4.78, 5) is 12.0. The second-order valence-electron chi connectivity index (χ2n) is 4.10. The number of nitriles is 1. The molecule has 6 nitrogen and oxygen atoms in total. The highest BCUT2D eigenvalue weighted by Crippen LogP contribution is 2.18. The number of nitrogens with one attached hydrogen (secondary N) is 2. The molecule has 2 N–H and O–H groups in total. The zero-order chi connectivity index (χ0) is 15.2. The SMILES string of the molecule is CCCNc1nnc(C(=O)Nc2ccc(F)c(C#N)c2)s1. The molecule has 1 aromatic carbocycles. The van der Waals surface area contributed by atoms with E-state index in [1.54, 1.807) is 6.07 Å². The minimum Gasteiger partial charge on any atom is -0.360 e. The molecule has 0 saturated heterocycles. The van der Waals surface area contributed by atoms with Gasteiger partial charge in [-0.15, -0.1) is 10.2 Å². The molecule has 0 aliphatic rings. The Morgan fingerprint density at radius 1 is 1.48 bits per heavy atom. The molecule has 0 fully saturated rings. The van der Waals surface area contributed by atoms with Crippen molar-refractivity contribution in [1.82, 2.24) is 10.2 Å². The molecule has 0 atom stereocenters. The summed E-state index contributed by atoms with van der Waals surface area (Å²) in [5.74, 6) is -1.08. The Hall–Kier alpha value is -2.53. The van der Waals surface area contributed by atoms with Crippen LogP contribution in [0.4, 0.5) is 15.2 Å². The highest BCUT2D eigenvalue weighted by Gasteiger charge is 2.13. The highest BCUT2D eigenvalue weighted by molar-refractivity contribution is 7.17. The number of nitrogens with zero attached hydrogens (tertiary/aromatic N) is 3. The third-order valence-electron chi connectivity index (χ3n) is 2.49. The van der Waals surface area contributed by atoms with Gasteiger partial charge in [0.2, 0.25) is 10.1 Å². The van der Waals surface area contributed by atoms with E-state index in [1.807, 2.05) is 6.92 Å². The molecule has 108 valence electrons. The molecule has 1 amide bonds. The third-order valence-corrected chi connectivity index (χ3v) is 3.37. The van der Waals surface area contributed by atoms with Crippen LogP contribution in [0.15, 0.2) is 18.2 Å². The summed E-state index contributed by atoms with van der Waals surface area (Å²) in [6.07, 6.45) is 0.938. The molecular weight excluding hydrogens is 293 g/mol. The van der Waals surface area contributed by atoms with E-state index >= 15 is 0 Å². The van der Waals surface area contributed by atoms with Crippen molar-refractivity contribution in [3.05, 3.63) is 34.6 Å². The Bertz CT molecular complexity index is 694. The van der Waals surface area contributed by atoms with Crippen LogP contribution in [0.5, 0.6) is 0 Å². The minimum absolute atomic E-state index is 0.129. The van der Waals surface area contributed by atoms with E-state index in [1.165, 1.54) is 12.1 Å². The van der Waals surface area contributed by atoms with Gasteiger partial charge in [0.25, 0.3) is 5.91 Å². The van der Waals surface area contributed by atoms with E-state index in [2.05, 4.69) is 20.8 Å². The van der Waals surface area contributed by atoms with Crippen LogP contribution in [-0.4, -0.2) is 22.6 Å². The first-order valence-electron chi connectivity index (χ1n) is 6.22. The van der Waals surface area contributed by atoms with Gasteiger partial charge in [0, 0.05) is 12.2 Å². The first-order valence-corrected chi connectivity index (χ1v) is 7.04. The lowest BCUT2D eigenvalue weighted by Gasteiger charge is -2.03. The molecule has 0 bridgehead atoms. The van der Waals surface area contributed by atoms with Gasteiger partial charge in [-0.05, 0) is 24.6 Å². The molecular formula is C13H12FN5OS. The molecule has 2 rings (SSSR count). The molecule has 2 aromatic rings. The zero-order valence-electron chi connectivity index (χ0n) is 11.2. The van der Waals surface area contributed by atoms with Crippen LogP contribution in [0.1, 0.15) is 28.7 Å². The van der Waals surface area contributed by atoms with E-state index in [0.29, 0.717) is 10.8 Å². The van der Waals surface area contributed by atoms with Gasteiger partial charge in [0.15, 0.2) is 0 Å². The van der Waals surface area contributed by atoms with E-state index in [9.17, 15) is 9.18 Å². The van der Waals surface area contributed by atoms with Crippen LogP contribution < -0.4 is 10.6 Å². The fourth-order valence-electron chi connectivity index (χ4n) is 1.49. The van der Waals surface area contributed by atoms with Crippen molar-refractivity contribution in [2.24, 2.45) is 0 Å². The van der Waals surface area contributed by atoms with Crippen LogP contribution in [0.3, 0.4) is 0 Å². The Kier molecular flexibility index (Phi) is 4.79. The largest absolute Gasteiger partial charge is 0.360 e. The average molecular weight is 305 g/mol. The summed E-state index contributed by atoms with van der Waals surface area (Å²) in [6.45, 7) is 2.77. The highest BCUT2D eigenvalue weighted by atomic mass is 32.1. The lowest BCUT2D eigenvalue weighted by Crippen LogP contribution is -2.11. The molecule has 21 heavy (non-hydrogen) atoms. The van der Waals surface area contributed by atoms with E-state index in [0.717, 1.165) is 30.4 Å². The van der Waals surface area contributed by atoms with Crippen LogP contribution >= 0.6 is 11.3 Å². The summed E-state index contributed by atoms with van der Waals surface area (Å²) in [5, 5.41) is 22.7. The Balaban J connectivity index is 2.07. The number of halogens is 1. The molecule has 8 heteroatoms. The fourth-order valence-corrected chi connectivity index (χ4v) is 2.16. The van der Waals surface area contributed by atoms with E-state index in [4.69, 9.17) is 5.26 Å². The number of rotatable bonds is 5. The van der Waals surface area contributed by atoms with Crippen molar-refractivity contribution in [3.8, 4) is 6.07 Å². The molecule has 0 radical (unpaired) electrons. The number of amides is 1. The van der Waals surface area contributed by atoms with Crippen LogP contribution in [0.2, 0.25) is 0 Å². The molecule has 0 unspecified atom stereocenters. The topological polar surface area (TPSA) is 90.7 Å². The Morgan fingerprint density at radius 3 is 3.00 bits per heavy atom. The van der Waals surface area contributed by atoms with E-state index in [-0.39, 0.29) is 10.6 Å². The van der Waals surface area contributed by atoms with Crippen molar-refractivity contribution < 1.29 is 9.18 Å².